The predicted octanol–water partition coefficient (Wildman–Crippen LogP) is 1.12. The topological polar surface area (TPSA) is 82.1 Å². The molecular formula is C13H16O6. The highest BCUT2D eigenvalue weighted by Crippen LogP contribution is 2.32. The van der Waals surface area contributed by atoms with Crippen LogP contribution in [0.5, 0.6) is 11.5 Å². The van der Waals surface area contributed by atoms with Crippen LogP contribution < -0.4 is 9.47 Å². The van der Waals surface area contributed by atoms with Crippen LogP contribution in [-0.4, -0.2) is 38.4 Å². The Hall–Kier alpha value is -2.24. The fourth-order valence-corrected chi connectivity index (χ4v) is 1.75. The van der Waals surface area contributed by atoms with Crippen molar-refractivity contribution in [2.75, 3.05) is 21.3 Å². The lowest BCUT2D eigenvalue weighted by molar-refractivity contribution is -0.156. The summed E-state index contributed by atoms with van der Waals surface area (Å²) < 4.78 is 14.8. The van der Waals surface area contributed by atoms with Gasteiger partial charge in [-0.25, -0.2) is 0 Å². The zero-order valence-corrected chi connectivity index (χ0v) is 11.0. The number of aliphatic carboxylic acids is 1. The van der Waals surface area contributed by atoms with Crippen LogP contribution in [0.3, 0.4) is 0 Å². The highest BCUT2D eigenvalue weighted by molar-refractivity contribution is 5.94. The van der Waals surface area contributed by atoms with Gasteiger partial charge in [0.15, 0.2) is 17.4 Å². The van der Waals surface area contributed by atoms with E-state index in [1.54, 1.807) is 18.2 Å². The standard InChI is InChI=1S/C13H16O6/c1-17-10-6-4-5-8(11(10)18-2)7-9(12(14)15)13(16)19-3/h4-6,9H,7H2,1-3H3,(H,14,15). The van der Waals surface area contributed by atoms with Gasteiger partial charge in [-0.15, -0.1) is 0 Å². The van der Waals surface area contributed by atoms with E-state index in [1.165, 1.54) is 14.2 Å². The Morgan fingerprint density at radius 3 is 2.37 bits per heavy atom. The second kappa shape index (κ2) is 6.63. The van der Waals surface area contributed by atoms with Crippen molar-refractivity contribution in [2.45, 2.75) is 6.42 Å². The van der Waals surface area contributed by atoms with Crippen LogP contribution in [0.15, 0.2) is 18.2 Å². The molecule has 0 spiro atoms. The van der Waals surface area contributed by atoms with Gasteiger partial charge in [0, 0.05) is 6.42 Å². The van der Waals surface area contributed by atoms with Crippen LogP contribution in [0.1, 0.15) is 5.56 Å². The van der Waals surface area contributed by atoms with E-state index in [2.05, 4.69) is 4.74 Å². The lowest BCUT2D eigenvalue weighted by Crippen LogP contribution is -2.27. The number of ether oxygens (including phenoxy) is 3. The number of benzene rings is 1. The molecule has 0 bridgehead atoms. The first-order chi connectivity index (χ1) is 9.04. The molecule has 1 atom stereocenters. The van der Waals surface area contributed by atoms with E-state index in [4.69, 9.17) is 14.6 Å². The summed E-state index contributed by atoms with van der Waals surface area (Å²) in [6, 6.07) is 5.07. The zero-order chi connectivity index (χ0) is 14.4. The van der Waals surface area contributed by atoms with Crippen LogP contribution in [0.25, 0.3) is 0 Å². The molecule has 1 aromatic rings. The Morgan fingerprint density at radius 1 is 1.21 bits per heavy atom. The Balaban J connectivity index is 3.09. The number of hydrogen-bond donors (Lipinski definition) is 1. The average molecular weight is 268 g/mol. The van der Waals surface area contributed by atoms with E-state index >= 15 is 0 Å². The first-order valence-electron chi connectivity index (χ1n) is 5.55. The van der Waals surface area contributed by atoms with Gasteiger partial charge < -0.3 is 19.3 Å². The summed E-state index contributed by atoms with van der Waals surface area (Å²) in [5, 5.41) is 9.05. The van der Waals surface area contributed by atoms with Crippen molar-refractivity contribution in [3.8, 4) is 11.5 Å². The first-order valence-corrected chi connectivity index (χ1v) is 5.55. The number of carboxylic acids is 1. The molecule has 1 N–H and O–H groups in total. The van der Waals surface area contributed by atoms with Crippen LogP contribution in [0.4, 0.5) is 0 Å². The number of esters is 1. The fourth-order valence-electron chi connectivity index (χ4n) is 1.75. The van der Waals surface area contributed by atoms with Gasteiger partial charge in [-0.2, -0.15) is 0 Å². The molecule has 1 rings (SSSR count). The highest BCUT2D eigenvalue weighted by Gasteiger charge is 2.29. The Morgan fingerprint density at radius 2 is 1.89 bits per heavy atom. The Kier molecular flexibility index (Phi) is 5.17. The lowest BCUT2D eigenvalue weighted by atomic mass is 9.98. The maximum absolute atomic E-state index is 11.4. The molecule has 104 valence electrons. The van der Waals surface area contributed by atoms with Crippen molar-refractivity contribution < 1.29 is 28.9 Å². The first kappa shape index (κ1) is 14.8. The molecule has 1 aromatic carbocycles. The second-order valence-corrected chi connectivity index (χ2v) is 3.77. The summed E-state index contributed by atoms with van der Waals surface area (Å²) >= 11 is 0. The molecule has 0 saturated carbocycles. The summed E-state index contributed by atoms with van der Waals surface area (Å²) in [6.45, 7) is 0. The van der Waals surface area contributed by atoms with Crippen molar-refractivity contribution in [2.24, 2.45) is 5.92 Å². The number of para-hydroxylation sites is 1. The molecule has 19 heavy (non-hydrogen) atoms. The Bertz CT molecular complexity index is 468. The second-order valence-electron chi connectivity index (χ2n) is 3.77. The van der Waals surface area contributed by atoms with Crippen LogP contribution in [0.2, 0.25) is 0 Å². The van der Waals surface area contributed by atoms with Crippen molar-refractivity contribution >= 4 is 11.9 Å². The SMILES string of the molecule is COC(=O)C(Cc1cccc(OC)c1OC)C(=O)O. The van der Waals surface area contributed by atoms with E-state index in [0.717, 1.165) is 7.11 Å². The number of hydrogen-bond acceptors (Lipinski definition) is 5. The van der Waals surface area contributed by atoms with Gasteiger partial charge in [-0.3, -0.25) is 9.59 Å². The molecule has 0 amide bonds. The summed E-state index contributed by atoms with van der Waals surface area (Å²) in [6.07, 6.45) is -0.0254. The van der Waals surface area contributed by atoms with E-state index < -0.39 is 17.9 Å². The van der Waals surface area contributed by atoms with Gasteiger partial charge in [0.25, 0.3) is 0 Å². The molecule has 0 aliphatic heterocycles. The molecule has 0 fully saturated rings. The highest BCUT2D eigenvalue weighted by atomic mass is 16.5. The van der Waals surface area contributed by atoms with E-state index in [9.17, 15) is 9.59 Å². The minimum atomic E-state index is -1.27. The molecule has 6 nitrogen and oxygen atoms in total. The molecule has 0 aliphatic rings. The quantitative estimate of drug-likeness (QED) is 0.615. The maximum atomic E-state index is 11.4. The van der Waals surface area contributed by atoms with E-state index in [0.29, 0.717) is 17.1 Å². The van der Waals surface area contributed by atoms with Crippen LogP contribution in [-0.2, 0) is 20.7 Å². The zero-order valence-electron chi connectivity index (χ0n) is 11.0. The average Bonchev–Trinajstić information content (AvgIpc) is 2.42. The maximum Gasteiger partial charge on any atom is 0.320 e. The van der Waals surface area contributed by atoms with Gasteiger partial charge in [0.05, 0.1) is 21.3 Å². The fraction of sp³-hybridized carbons (Fsp3) is 0.385. The number of methoxy groups -OCH3 is 3. The van der Waals surface area contributed by atoms with E-state index in [-0.39, 0.29) is 6.42 Å². The third-order valence-corrected chi connectivity index (χ3v) is 2.69. The summed E-state index contributed by atoms with van der Waals surface area (Å²) in [5.41, 5.74) is 0.569. The summed E-state index contributed by atoms with van der Waals surface area (Å²) in [5.74, 6) is -2.41. The van der Waals surface area contributed by atoms with Gasteiger partial charge in [0.2, 0.25) is 0 Å². The largest absolute Gasteiger partial charge is 0.493 e. The van der Waals surface area contributed by atoms with Crippen LogP contribution >= 0.6 is 0 Å². The predicted molar refractivity (Wildman–Crippen MR) is 66.4 cm³/mol. The van der Waals surface area contributed by atoms with Crippen LogP contribution in [0, 0.1) is 5.92 Å². The minimum Gasteiger partial charge on any atom is -0.493 e. The summed E-state index contributed by atoms with van der Waals surface area (Å²) in [4.78, 5) is 22.5. The van der Waals surface area contributed by atoms with Crippen molar-refractivity contribution in [3.05, 3.63) is 23.8 Å². The monoisotopic (exact) mass is 268 g/mol. The number of carbonyl (C=O) groups excluding carboxylic acids is 1. The van der Waals surface area contributed by atoms with Crippen molar-refractivity contribution in [3.63, 3.8) is 0 Å². The van der Waals surface area contributed by atoms with Gasteiger partial charge >= 0.3 is 11.9 Å². The molecule has 0 radical (unpaired) electrons. The third kappa shape index (κ3) is 3.37. The lowest BCUT2D eigenvalue weighted by Gasteiger charge is -2.15. The van der Waals surface area contributed by atoms with Gasteiger partial charge in [-0.05, 0) is 11.6 Å². The molecule has 0 saturated heterocycles. The summed E-state index contributed by atoms with van der Waals surface area (Å²) in [7, 11) is 4.09. The normalized spacial score (nSPS) is 11.5. The molecule has 1 unspecified atom stereocenters. The number of carboxylic acid groups (broad SMARTS) is 1. The number of carbonyl (C=O) groups is 2. The third-order valence-electron chi connectivity index (χ3n) is 2.69. The van der Waals surface area contributed by atoms with Crippen molar-refractivity contribution in [1.29, 1.82) is 0 Å². The molecule has 0 heterocycles. The number of rotatable bonds is 6. The molecule has 0 aromatic heterocycles. The van der Waals surface area contributed by atoms with Gasteiger partial charge in [-0.1, -0.05) is 12.1 Å². The molecular weight excluding hydrogens is 252 g/mol. The Labute approximate surface area is 110 Å². The smallest absolute Gasteiger partial charge is 0.320 e. The van der Waals surface area contributed by atoms with Gasteiger partial charge in [0.1, 0.15) is 0 Å². The van der Waals surface area contributed by atoms with Crippen molar-refractivity contribution in [1.82, 2.24) is 0 Å². The van der Waals surface area contributed by atoms with E-state index in [1.807, 2.05) is 0 Å². The minimum absolute atomic E-state index is 0.0254. The molecule has 6 heteroatoms. The molecule has 0 aliphatic carbocycles.